The van der Waals surface area contributed by atoms with E-state index in [1.165, 1.54) is 0 Å². The van der Waals surface area contributed by atoms with Crippen LogP contribution in [0.1, 0.15) is 25.5 Å². The second-order valence-electron chi connectivity index (χ2n) is 4.37. The number of hydrogen-bond donors (Lipinski definition) is 2. The summed E-state index contributed by atoms with van der Waals surface area (Å²) in [6.45, 7) is 2.17. The molecule has 0 saturated carbocycles. The van der Waals surface area contributed by atoms with Gasteiger partial charge in [-0.3, -0.25) is 4.79 Å². The minimum Gasteiger partial charge on any atom is -0.488 e. The van der Waals surface area contributed by atoms with Crippen LogP contribution in [0, 0.1) is 0 Å². The van der Waals surface area contributed by atoms with Gasteiger partial charge in [0.2, 0.25) is 5.43 Å². The Morgan fingerprint density at radius 2 is 1.95 bits per heavy atom. The van der Waals surface area contributed by atoms with Crippen molar-refractivity contribution in [2.75, 3.05) is 6.61 Å². The monoisotopic (exact) mass is 295 g/mol. The Morgan fingerprint density at radius 1 is 1.35 bits per heavy atom. The van der Waals surface area contributed by atoms with Crippen LogP contribution in [0.2, 0.25) is 0 Å². The summed E-state index contributed by atoms with van der Waals surface area (Å²) in [6, 6.07) is 0.509. The van der Waals surface area contributed by atoms with Crippen molar-refractivity contribution >= 4 is 0 Å². The van der Waals surface area contributed by atoms with Gasteiger partial charge in [0.1, 0.15) is 0 Å². The predicted molar refractivity (Wildman–Crippen MR) is 64.3 cm³/mol. The molecule has 5 nitrogen and oxygen atoms in total. The summed E-state index contributed by atoms with van der Waals surface area (Å²) in [4.78, 5) is 11.6. The molecule has 0 aliphatic rings. The highest BCUT2D eigenvalue weighted by atomic mass is 19.4. The van der Waals surface area contributed by atoms with Crippen molar-refractivity contribution in [2.45, 2.75) is 31.7 Å². The Kier molecular flexibility index (Phi) is 4.82. The van der Waals surface area contributed by atoms with Gasteiger partial charge in [-0.2, -0.15) is 13.2 Å². The summed E-state index contributed by atoms with van der Waals surface area (Å²) < 4.78 is 43.5. The van der Waals surface area contributed by atoms with E-state index in [1.807, 2.05) is 6.92 Å². The molecule has 1 rings (SSSR count). The van der Waals surface area contributed by atoms with Gasteiger partial charge in [-0.25, -0.2) is 0 Å². The Morgan fingerprint density at radius 3 is 2.45 bits per heavy atom. The molecular weight excluding hydrogens is 279 g/mol. The van der Waals surface area contributed by atoms with Crippen LogP contribution in [0.3, 0.4) is 0 Å². The van der Waals surface area contributed by atoms with E-state index in [2.05, 4.69) is 0 Å². The quantitative estimate of drug-likeness (QED) is 0.634. The Balaban J connectivity index is 3.15. The number of rotatable bonds is 5. The van der Waals surface area contributed by atoms with E-state index < -0.39 is 23.1 Å². The number of hydrogen-bond acceptors (Lipinski definition) is 4. The van der Waals surface area contributed by atoms with Crippen molar-refractivity contribution in [3.05, 3.63) is 28.2 Å². The minimum atomic E-state index is -5.32. The van der Waals surface area contributed by atoms with Gasteiger partial charge >= 0.3 is 12.0 Å². The van der Waals surface area contributed by atoms with Crippen molar-refractivity contribution in [3.63, 3.8) is 0 Å². The zero-order valence-corrected chi connectivity index (χ0v) is 11.1. The first-order valence-electron chi connectivity index (χ1n) is 5.96. The Labute approximate surface area is 113 Å². The molecule has 0 amide bonds. The maximum absolute atomic E-state index is 12.5. The molecule has 1 aromatic heterocycles. The summed E-state index contributed by atoms with van der Waals surface area (Å²) in [5.74, 6) is -4.23. The lowest BCUT2D eigenvalue weighted by molar-refractivity contribution is -0.360. The smallest absolute Gasteiger partial charge is 0.449 e. The van der Waals surface area contributed by atoms with Crippen LogP contribution in [0.4, 0.5) is 13.2 Å². The zero-order chi connectivity index (χ0) is 15.6. The fourth-order valence-electron chi connectivity index (χ4n) is 1.53. The number of pyridine rings is 1. The first-order chi connectivity index (χ1) is 9.11. The summed E-state index contributed by atoms with van der Waals surface area (Å²) >= 11 is 0. The number of aromatic nitrogens is 1. The molecule has 0 unspecified atom stereocenters. The second kappa shape index (κ2) is 5.84. The van der Waals surface area contributed by atoms with Gasteiger partial charge in [0.25, 0.3) is 0 Å². The van der Waals surface area contributed by atoms with Crippen molar-refractivity contribution in [1.82, 2.24) is 4.57 Å². The Bertz CT molecular complexity index is 522. The molecule has 0 radical (unpaired) electrons. The van der Waals surface area contributed by atoms with E-state index >= 15 is 0 Å². The molecule has 1 heterocycles. The van der Waals surface area contributed by atoms with Gasteiger partial charge in [-0.15, -0.1) is 0 Å². The minimum absolute atomic E-state index is 0.136. The topological polar surface area (TPSA) is 71.7 Å². The van der Waals surface area contributed by atoms with Crippen LogP contribution in [0.25, 0.3) is 0 Å². The molecule has 8 heteroatoms. The van der Waals surface area contributed by atoms with Crippen LogP contribution in [0.5, 0.6) is 5.75 Å². The van der Waals surface area contributed by atoms with Crippen molar-refractivity contribution in [2.24, 2.45) is 7.05 Å². The highest BCUT2D eigenvalue weighted by Crippen LogP contribution is 2.36. The van der Waals surface area contributed by atoms with E-state index in [1.54, 1.807) is 0 Å². The number of aryl methyl sites for hydroxylation is 1. The second-order valence-corrected chi connectivity index (χ2v) is 4.37. The van der Waals surface area contributed by atoms with E-state index in [4.69, 9.17) is 14.9 Å². The summed E-state index contributed by atoms with van der Waals surface area (Å²) in [5, 5.41) is 18.3. The molecule has 0 fully saturated rings. The molecule has 20 heavy (non-hydrogen) atoms. The number of alkyl halides is 3. The van der Waals surface area contributed by atoms with Crippen LogP contribution in [-0.2, 0) is 12.8 Å². The number of unbranched alkanes of at least 4 members (excludes halogenated alkanes) is 1. The molecule has 1 aromatic rings. The number of nitrogens with zero attached hydrogens (tertiary/aromatic N) is 1. The molecule has 0 aliphatic heterocycles. The third-order valence-corrected chi connectivity index (χ3v) is 2.71. The van der Waals surface area contributed by atoms with Crippen LogP contribution >= 0.6 is 0 Å². The summed E-state index contributed by atoms with van der Waals surface area (Å²) in [7, 11) is 1.16. The van der Waals surface area contributed by atoms with E-state index in [0.29, 0.717) is 12.5 Å². The van der Waals surface area contributed by atoms with Gasteiger partial charge in [0, 0.05) is 13.1 Å². The number of aliphatic hydroxyl groups is 2. The standard InChI is InChI=1S/C12H16F3NO4/c1-3-4-5-20-9-7-16(2)10(6-8(9)17)11(18,19)12(13,14)15/h6-7,18-19H,3-5H2,1-2H3. The lowest BCUT2D eigenvalue weighted by Crippen LogP contribution is -2.44. The normalized spacial score (nSPS) is 12.6. The van der Waals surface area contributed by atoms with Crippen molar-refractivity contribution in [3.8, 4) is 5.75 Å². The van der Waals surface area contributed by atoms with E-state index in [9.17, 15) is 18.0 Å². The zero-order valence-electron chi connectivity index (χ0n) is 11.1. The SMILES string of the molecule is CCCCOc1cn(C)c(C(O)(O)C(F)(F)F)cc1=O. The number of halogens is 3. The molecule has 0 aliphatic carbocycles. The van der Waals surface area contributed by atoms with Gasteiger partial charge in [-0.1, -0.05) is 13.3 Å². The highest BCUT2D eigenvalue weighted by Gasteiger charge is 2.55. The van der Waals surface area contributed by atoms with Gasteiger partial charge in [0.15, 0.2) is 5.75 Å². The molecule has 0 saturated heterocycles. The molecule has 0 spiro atoms. The van der Waals surface area contributed by atoms with Crippen molar-refractivity contribution in [1.29, 1.82) is 0 Å². The predicted octanol–water partition coefficient (Wildman–Crippen LogP) is 1.26. The van der Waals surface area contributed by atoms with Gasteiger partial charge < -0.3 is 19.5 Å². The van der Waals surface area contributed by atoms with Crippen LogP contribution < -0.4 is 10.2 Å². The number of ether oxygens (including phenoxy) is 1. The average molecular weight is 295 g/mol. The Hall–Kier alpha value is -1.54. The first kappa shape index (κ1) is 16.5. The van der Waals surface area contributed by atoms with Crippen LogP contribution in [0.15, 0.2) is 17.1 Å². The van der Waals surface area contributed by atoms with Crippen molar-refractivity contribution < 1.29 is 28.1 Å². The lowest BCUT2D eigenvalue weighted by Gasteiger charge is -2.26. The third kappa shape index (κ3) is 3.31. The maximum atomic E-state index is 12.5. The first-order valence-corrected chi connectivity index (χ1v) is 5.96. The molecular formula is C12H16F3NO4. The van der Waals surface area contributed by atoms with Gasteiger partial charge in [0.05, 0.1) is 18.5 Å². The fourth-order valence-corrected chi connectivity index (χ4v) is 1.53. The van der Waals surface area contributed by atoms with Crippen LogP contribution in [-0.4, -0.2) is 27.6 Å². The summed E-state index contributed by atoms with van der Waals surface area (Å²) in [5.41, 5.74) is -1.82. The maximum Gasteiger partial charge on any atom is 0.449 e. The molecule has 0 atom stereocenters. The average Bonchev–Trinajstić information content (AvgIpc) is 2.31. The highest BCUT2D eigenvalue weighted by molar-refractivity contribution is 5.24. The van der Waals surface area contributed by atoms with E-state index in [-0.39, 0.29) is 12.4 Å². The largest absolute Gasteiger partial charge is 0.488 e. The molecule has 0 aromatic carbocycles. The molecule has 0 bridgehead atoms. The fraction of sp³-hybridized carbons (Fsp3) is 0.583. The molecule has 114 valence electrons. The third-order valence-electron chi connectivity index (χ3n) is 2.71. The lowest BCUT2D eigenvalue weighted by atomic mass is 10.1. The summed E-state index contributed by atoms with van der Waals surface area (Å²) in [6.07, 6.45) is -2.79. The van der Waals surface area contributed by atoms with E-state index in [0.717, 1.165) is 24.2 Å². The van der Waals surface area contributed by atoms with Gasteiger partial charge in [-0.05, 0) is 6.42 Å². The molecule has 2 N–H and O–H groups in total.